The Hall–Kier alpha value is -3.03. The number of nitrogens with one attached hydrogen (secondary N) is 4. The maximum atomic E-state index is 13.2. The predicted molar refractivity (Wildman–Crippen MR) is 134 cm³/mol. The van der Waals surface area contributed by atoms with E-state index in [1.807, 2.05) is 0 Å². The molecule has 4 atom stereocenters. The normalized spacial score (nSPS) is 14.5. The van der Waals surface area contributed by atoms with E-state index in [-0.39, 0.29) is 18.8 Å². The van der Waals surface area contributed by atoms with Crippen molar-refractivity contribution in [3.8, 4) is 0 Å². The Balaban J connectivity index is 2.94. The minimum Gasteiger partial charge on any atom is -0.480 e. The minimum absolute atomic E-state index is 0.0936. The Morgan fingerprint density at radius 3 is 2.06 bits per heavy atom. The monoisotopic (exact) mass is 510 g/mol. The topological polar surface area (TPSA) is 231 Å². The van der Waals surface area contributed by atoms with Gasteiger partial charge in [0.05, 0.1) is 12.4 Å². The highest BCUT2D eigenvalue weighted by Crippen LogP contribution is 2.08. The molecule has 13 nitrogen and oxygen atoms in total. The number of nitrogens with two attached hydrogens (primary N) is 3. The highest BCUT2D eigenvalue weighted by atomic mass is 16.4. The van der Waals surface area contributed by atoms with Crippen LogP contribution in [0.4, 0.5) is 0 Å². The zero-order valence-corrected chi connectivity index (χ0v) is 21.2. The summed E-state index contributed by atoms with van der Waals surface area (Å²) >= 11 is 0. The van der Waals surface area contributed by atoms with Gasteiger partial charge in [0.1, 0.15) is 18.1 Å². The third-order valence-corrected chi connectivity index (χ3v) is 5.73. The molecule has 0 saturated heterocycles. The SMILES string of the molecule is CC(C)C(NC(=O)C(Cc1cnc[nH]1)NC(=O)C(N)CCCCN)C(=O)NC(CCCCN)C(=O)O. The lowest BCUT2D eigenvalue weighted by Gasteiger charge is -2.27. The predicted octanol–water partition coefficient (Wildman–Crippen LogP) is -1.27. The van der Waals surface area contributed by atoms with E-state index in [2.05, 4.69) is 25.9 Å². The first kappa shape index (κ1) is 31.0. The number of hydrogen-bond donors (Lipinski definition) is 8. The number of aromatic amines is 1. The van der Waals surface area contributed by atoms with E-state index in [0.717, 1.165) is 6.42 Å². The molecule has 0 aromatic carbocycles. The van der Waals surface area contributed by atoms with Gasteiger partial charge in [0, 0.05) is 18.3 Å². The number of carboxylic acids is 1. The van der Waals surface area contributed by atoms with E-state index in [4.69, 9.17) is 17.2 Å². The minimum atomic E-state index is -1.16. The third-order valence-electron chi connectivity index (χ3n) is 5.73. The Morgan fingerprint density at radius 1 is 0.917 bits per heavy atom. The van der Waals surface area contributed by atoms with Gasteiger partial charge in [-0.15, -0.1) is 0 Å². The van der Waals surface area contributed by atoms with Crippen LogP contribution in [-0.2, 0) is 25.6 Å². The van der Waals surface area contributed by atoms with Crippen molar-refractivity contribution in [1.29, 1.82) is 0 Å². The molecule has 0 bridgehead atoms. The Labute approximate surface area is 211 Å². The van der Waals surface area contributed by atoms with Gasteiger partial charge in [-0.25, -0.2) is 9.78 Å². The standard InChI is InChI=1S/C23H42N8O5/c1-14(2)19(22(34)29-17(23(35)36)8-4-6-10-25)31-21(33)18(11-15-12-27-13-28-15)30-20(32)16(26)7-3-5-9-24/h12-14,16-19H,3-11,24-26H2,1-2H3,(H,27,28)(H,29,34)(H,30,32)(H,31,33)(H,35,36). The van der Waals surface area contributed by atoms with Crippen molar-refractivity contribution < 1.29 is 24.3 Å². The number of carboxylic acid groups (broad SMARTS) is 1. The summed E-state index contributed by atoms with van der Waals surface area (Å²) in [6, 6.07) is -3.97. The fourth-order valence-corrected chi connectivity index (χ4v) is 3.54. The average molecular weight is 511 g/mol. The fourth-order valence-electron chi connectivity index (χ4n) is 3.54. The van der Waals surface area contributed by atoms with Gasteiger partial charge in [-0.2, -0.15) is 0 Å². The van der Waals surface area contributed by atoms with Crippen molar-refractivity contribution >= 4 is 23.7 Å². The Morgan fingerprint density at radius 2 is 1.53 bits per heavy atom. The molecule has 3 amide bonds. The summed E-state index contributed by atoms with van der Waals surface area (Å²) in [5.41, 5.74) is 17.5. The van der Waals surface area contributed by atoms with Gasteiger partial charge in [0.2, 0.25) is 17.7 Å². The van der Waals surface area contributed by atoms with E-state index >= 15 is 0 Å². The van der Waals surface area contributed by atoms with Crippen molar-refractivity contribution in [2.75, 3.05) is 13.1 Å². The molecule has 1 aromatic heterocycles. The third kappa shape index (κ3) is 11.1. The van der Waals surface area contributed by atoms with Crippen LogP contribution >= 0.6 is 0 Å². The number of unbranched alkanes of at least 4 members (excludes halogenated alkanes) is 2. The van der Waals surface area contributed by atoms with E-state index in [1.165, 1.54) is 12.5 Å². The molecule has 11 N–H and O–H groups in total. The van der Waals surface area contributed by atoms with Crippen molar-refractivity contribution in [3.63, 3.8) is 0 Å². The van der Waals surface area contributed by atoms with E-state index < -0.39 is 47.9 Å². The molecule has 13 heteroatoms. The molecular formula is C23H42N8O5. The van der Waals surface area contributed by atoms with Crippen molar-refractivity contribution in [2.45, 2.75) is 83.0 Å². The smallest absolute Gasteiger partial charge is 0.326 e. The van der Waals surface area contributed by atoms with Crippen LogP contribution in [0.1, 0.15) is 58.1 Å². The number of hydrogen-bond acceptors (Lipinski definition) is 8. The molecule has 0 fully saturated rings. The Kier molecular flexibility index (Phi) is 14.3. The summed E-state index contributed by atoms with van der Waals surface area (Å²) in [5.74, 6) is -3.24. The number of nitrogens with zero attached hydrogens (tertiary/aromatic N) is 1. The van der Waals surface area contributed by atoms with Crippen molar-refractivity contribution in [2.24, 2.45) is 23.1 Å². The number of carbonyl (C=O) groups is 4. The molecule has 4 unspecified atom stereocenters. The molecule has 1 aromatic rings. The maximum Gasteiger partial charge on any atom is 0.326 e. The molecule has 204 valence electrons. The van der Waals surface area contributed by atoms with Gasteiger partial charge in [0.25, 0.3) is 0 Å². The summed E-state index contributed by atoms with van der Waals surface area (Å²) in [5, 5.41) is 17.3. The van der Waals surface area contributed by atoms with Gasteiger partial charge in [0.15, 0.2) is 0 Å². The second-order valence-corrected chi connectivity index (χ2v) is 9.15. The van der Waals surface area contributed by atoms with Crippen LogP contribution in [0.25, 0.3) is 0 Å². The molecule has 1 heterocycles. The van der Waals surface area contributed by atoms with Gasteiger partial charge >= 0.3 is 5.97 Å². The number of amides is 3. The first-order valence-electron chi connectivity index (χ1n) is 12.4. The summed E-state index contributed by atoms with van der Waals surface area (Å²) in [6.07, 6.45) is 6.28. The van der Waals surface area contributed by atoms with Gasteiger partial charge in [-0.1, -0.05) is 20.3 Å². The lowest BCUT2D eigenvalue weighted by molar-refractivity contribution is -0.142. The molecule has 1 rings (SSSR count). The molecule has 0 radical (unpaired) electrons. The van der Waals surface area contributed by atoms with Gasteiger partial charge in [-0.3, -0.25) is 14.4 Å². The quantitative estimate of drug-likeness (QED) is 0.110. The van der Waals surface area contributed by atoms with Crippen molar-refractivity contribution in [3.05, 3.63) is 18.2 Å². The van der Waals surface area contributed by atoms with E-state index in [1.54, 1.807) is 13.8 Å². The zero-order chi connectivity index (χ0) is 27.1. The molecule has 36 heavy (non-hydrogen) atoms. The zero-order valence-electron chi connectivity index (χ0n) is 21.2. The van der Waals surface area contributed by atoms with Crippen LogP contribution in [0.15, 0.2) is 12.5 Å². The first-order chi connectivity index (χ1) is 17.1. The van der Waals surface area contributed by atoms with Crippen molar-refractivity contribution in [1.82, 2.24) is 25.9 Å². The molecule has 0 aliphatic rings. The van der Waals surface area contributed by atoms with Gasteiger partial charge < -0.3 is 43.2 Å². The van der Waals surface area contributed by atoms with Gasteiger partial charge in [-0.05, 0) is 51.1 Å². The fraction of sp³-hybridized carbons (Fsp3) is 0.696. The molecular weight excluding hydrogens is 468 g/mol. The summed E-state index contributed by atoms with van der Waals surface area (Å²) < 4.78 is 0. The Bertz CT molecular complexity index is 817. The van der Waals surface area contributed by atoms with Crippen LogP contribution in [0, 0.1) is 5.92 Å². The van der Waals surface area contributed by atoms with Crippen LogP contribution in [0.2, 0.25) is 0 Å². The van der Waals surface area contributed by atoms with E-state index in [0.29, 0.717) is 44.5 Å². The number of aliphatic carboxylic acids is 1. The van der Waals surface area contributed by atoms with Crippen LogP contribution in [0.3, 0.4) is 0 Å². The number of rotatable bonds is 18. The average Bonchev–Trinajstić information content (AvgIpc) is 3.34. The number of H-pyrrole nitrogens is 1. The molecule has 0 spiro atoms. The molecule has 0 aliphatic heterocycles. The van der Waals surface area contributed by atoms with Crippen LogP contribution in [-0.4, -0.2) is 76.0 Å². The number of imidazole rings is 1. The number of carbonyl (C=O) groups excluding carboxylic acids is 3. The highest BCUT2D eigenvalue weighted by Gasteiger charge is 2.32. The summed E-state index contributed by atoms with van der Waals surface area (Å²) in [4.78, 5) is 57.2. The van der Waals surface area contributed by atoms with Crippen LogP contribution in [0.5, 0.6) is 0 Å². The summed E-state index contributed by atoms with van der Waals surface area (Å²) in [6.45, 7) is 4.37. The summed E-state index contributed by atoms with van der Waals surface area (Å²) in [7, 11) is 0. The number of aromatic nitrogens is 2. The largest absolute Gasteiger partial charge is 0.480 e. The molecule has 0 saturated carbocycles. The molecule has 0 aliphatic carbocycles. The first-order valence-corrected chi connectivity index (χ1v) is 12.4. The second kappa shape index (κ2) is 16.6. The maximum absolute atomic E-state index is 13.2. The second-order valence-electron chi connectivity index (χ2n) is 9.15. The lowest BCUT2D eigenvalue weighted by Crippen LogP contribution is -2.58. The lowest BCUT2D eigenvalue weighted by atomic mass is 10.0. The highest BCUT2D eigenvalue weighted by molar-refractivity contribution is 5.94. The van der Waals surface area contributed by atoms with E-state index in [9.17, 15) is 24.3 Å². The van der Waals surface area contributed by atoms with Crippen LogP contribution < -0.4 is 33.2 Å².